The molecule has 5 nitrogen and oxygen atoms in total. The number of aromatic nitrogens is 2. The van der Waals surface area contributed by atoms with E-state index in [1.165, 1.54) is 23.1 Å². The van der Waals surface area contributed by atoms with Gasteiger partial charge in [0.1, 0.15) is 5.54 Å². The number of nitrogens with two attached hydrogens (primary N) is 1. The van der Waals surface area contributed by atoms with Gasteiger partial charge in [-0.2, -0.15) is 0 Å². The molecule has 0 fully saturated rings. The predicted octanol–water partition coefficient (Wildman–Crippen LogP) is 1.59. The van der Waals surface area contributed by atoms with E-state index in [-0.39, 0.29) is 11.9 Å². The second-order valence-corrected chi connectivity index (χ2v) is 7.58. The van der Waals surface area contributed by atoms with Crippen molar-refractivity contribution in [1.82, 2.24) is 15.5 Å². The number of carbonyl (C=O) groups is 1. The summed E-state index contributed by atoms with van der Waals surface area (Å²) in [6.07, 6.45) is 1.96. The molecule has 0 radical (unpaired) electrons. The molecule has 0 aromatic carbocycles. The largest absolute Gasteiger partial charge is 0.368 e. The van der Waals surface area contributed by atoms with E-state index in [1.807, 2.05) is 27.0 Å². The van der Waals surface area contributed by atoms with E-state index in [4.69, 9.17) is 5.73 Å². The van der Waals surface area contributed by atoms with Gasteiger partial charge in [0.25, 0.3) is 0 Å². The zero-order chi connectivity index (χ0) is 13.8. The van der Waals surface area contributed by atoms with Crippen molar-refractivity contribution in [2.24, 2.45) is 5.73 Å². The van der Waals surface area contributed by atoms with Crippen molar-refractivity contribution < 1.29 is 4.79 Å². The average Bonchev–Trinajstić information content (AvgIpc) is 2.73. The quantitative estimate of drug-likeness (QED) is 0.745. The maximum absolute atomic E-state index is 11.5. The van der Waals surface area contributed by atoms with Gasteiger partial charge in [-0.05, 0) is 27.0 Å². The number of hydrogen-bond acceptors (Lipinski definition) is 7. The van der Waals surface area contributed by atoms with Crippen LogP contribution in [-0.4, -0.2) is 39.7 Å². The van der Waals surface area contributed by atoms with E-state index in [9.17, 15) is 4.79 Å². The Morgan fingerprint density at radius 2 is 2.11 bits per heavy atom. The molecule has 0 saturated heterocycles. The van der Waals surface area contributed by atoms with Crippen LogP contribution in [0.1, 0.15) is 20.8 Å². The molecule has 3 N–H and O–H groups in total. The van der Waals surface area contributed by atoms with Gasteiger partial charge in [-0.1, -0.05) is 34.9 Å². The van der Waals surface area contributed by atoms with Gasteiger partial charge in [0.05, 0.1) is 0 Å². The second kappa shape index (κ2) is 6.74. The third kappa shape index (κ3) is 4.42. The summed E-state index contributed by atoms with van der Waals surface area (Å²) in [4.78, 5) is 11.5. The minimum absolute atomic E-state index is 0.194. The highest BCUT2D eigenvalue weighted by Gasteiger charge is 2.32. The summed E-state index contributed by atoms with van der Waals surface area (Å²) in [5, 5.41) is 11.3. The van der Waals surface area contributed by atoms with Gasteiger partial charge in [0, 0.05) is 11.8 Å². The van der Waals surface area contributed by atoms with Crippen LogP contribution in [0, 0.1) is 0 Å². The van der Waals surface area contributed by atoms with Crippen LogP contribution in [0.25, 0.3) is 0 Å². The number of nitrogens with one attached hydrogen (secondary N) is 1. The Balaban J connectivity index is 2.64. The molecule has 102 valence electrons. The van der Waals surface area contributed by atoms with E-state index in [1.54, 1.807) is 11.8 Å². The number of hydrogen-bond donors (Lipinski definition) is 2. The molecule has 0 saturated carbocycles. The fourth-order valence-corrected chi connectivity index (χ4v) is 3.91. The van der Waals surface area contributed by atoms with Crippen LogP contribution >= 0.6 is 34.9 Å². The first-order valence-electron chi connectivity index (χ1n) is 5.45. The molecule has 1 amide bonds. The molecule has 1 aromatic rings. The lowest BCUT2D eigenvalue weighted by atomic mass is 10.0. The molecule has 18 heavy (non-hydrogen) atoms. The maximum atomic E-state index is 11.5. The zero-order valence-electron chi connectivity index (χ0n) is 10.9. The fraction of sp³-hybridized carbons (Fsp3) is 0.700. The Bertz CT molecular complexity index is 410. The molecule has 1 unspecified atom stereocenters. The summed E-state index contributed by atoms with van der Waals surface area (Å²) in [6, 6.07) is 0.194. The number of carbonyl (C=O) groups excluding carboxylic acids is 1. The number of thioether (sulfide) groups is 2. The molecule has 0 spiro atoms. The Hall–Kier alpha value is -0.310. The zero-order valence-corrected chi connectivity index (χ0v) is 13.3. The molecule has 0 bridgehead atoms. The third-order valence-corrected chi connectivity index (χ3v) is 5.55. The van der Waals surface area contributed by atoms with Crippen LogP contribution in [0.15, 0.2) is 8.68 Å². The number of nitrogens with zero attached hydrogens (tertiary/aromatic N) is 2. The Kier molecular flexibility index (Phi) is 5.90. The molecule has 1 rings (SSSR count). The summed E-state index contributed by atoms with van der Waals surface area (Å²) >= 11 is 4.59. The molecule has 8 heteroatoms. The van der Waals surface area contributed by atoms with Crippen LogP contribution in [0.4, 0.5) is 0 Å². The van der Waals surface area contributed by atoms with E-state index >= 15 is 0 Å². The van der Waals surface area contributed by atoms with E-state index < -0.39 is 5.54 Å². The van der Waals surface area contributed by atoms with E-state index in [0.29, 0.717) is 5.75 Å². The van der Waals surface area contributed by atoms with Crippen molar-refractivity contribution in [2.75, 3.05) is 12.0 Å². The first-order chi connectivity index (χ1) is 8.37. The lowest BCUT2D eigenvalue weighted by molar-refractivity contribution is -0.123. The number of amides is 1. The van der Waals surface area contributed by atoms with Crippen LogP contribution in [0.2, 0.25) is 0 Å². The standard InChI is InChI=1S/C10H18N4OS3/c1-6(2)12-10(3,7(11)15)5-17-9-14-13-8(16-4)18-9/h6,12H,5H2,1-4H3,(H2,11,15). The summed E-state index contributed by atoms with van der Waals surface area (Å²) in [5.74, 6) is 0.196. The van der Waals surface area contributed by atoms with Gasteiger partial charge in [-0.25, -0.2) is 0 Å². The Labute approximate surface area is 120 Å². The van der Waals surface area contributed by atoms with E-state index in [0.717, 1.165) is 8.68 Å². The monoisotopic (exact) mass is 306 g/mol. The van der Waals surface area contributed by atoms with Gasteiger partial charge in [0.2, 0.25) is 5.91 Å². The average molecular weight is 306 g/mol. The normalized spacial score (nSPS) is 14.7. The smallest absolute Gasteiger partial charge is 0.238 e. The van der Waals surface area contributed by atoms with Crippen molar-refractivity contribution in [3.63, 3.8) is 0 Å². The summed E-state index contributed by atoms with van der Waals surface area (Å²) < 4.78 is 1.78. The Morgan fingerprint density at radius 3 is 2.56 bits per heavy atom. The van der Waals surface area contributed by atoms with Crippen molar-refractivity contribution in [3.05, 3.63) is 0 Å². The highest BCUT2D eigenvalue weighted by Crippen LogP contribution is 2.29. The first-order valence-corrected chi connectivity index (χ1v) is 8.48. The van der Waals surface area contributed by atoms with Crippen molar-refractivity contribution in [2.45, 2.75) is 41.0 Å². The lowest BCUT2D eigenvalue weighted by Gasteiger charge is -2.28. The van der Waals surface area contributed by atoms with Crippen LogP contribution in [0.5, 0.6) is 0 Å². The van der Waals surface area contributed by atoms with Gasteiger partial charge >= 0.3 is 0 Å². The topological polar surface area (TPSA) is 80.9 Å². The molecule has 0 aliphatic heterocycles. The van der Waals surface area contributed by atoms with Crippen molar-refractivity contribution in [1.29, 1.82) is 0 Å². The summed E-state index contributed by atoms with van der Waals surface area (Å²) in [5.41, 5.74) is 4.73. The minimum Gasteiger partial charge on any atom is -0.368 e. The Morgan fingerprint density at radius 1 is 1.50 bits per heavy atom. The number of rotatable bonds is 7. The molecular weight excluding hydrogens is 288 g/mol. The summed E-state index contributed by atoms with van der Waals surface area (Å²) in [7, 11) is 0. The summed E-state index contributed by atoms with van der Waals surface area (Å²) in [6.45, 7) is 5.80. The highest BCUT2D eigenvalue weighted by atomic mass is 32.2. The molecule has 1 heterocycles. The first kappa shape index (κ1) is 15.7. The SMILES string of the molecule is CSc1nnc(SCC(C)(NC(C)C)C(N)=O)s1. The third-order valence-electron chi connectivity index (χ3n) is 2.20. The number of primary amides is 1. The van der Waals surface area contributed by atoms with Crippen molar-refractivity contribution in [3.8, 4) is 0 Å². The van der Waals surface area contributed by atoms with Gasteiger partial charge < -0.3 is 11.1 Å². The molecule has 0 aliphatic carbocycles. The maximum Gasteiger partial charge on any atom is 0.238 e. The van der Waals surface area contributed by atoms with Gasteiger partial charge in [-0.3, -0.25) is 4.79 Å². The minimum atomic E-state index is -0.732. The highest BCUT2D eigenvalue weighted by molar-refractivity contribution is 8.03. The molecule has 1 aromatic heterocycles. The van der Waals surface area contributed by atoms with Gasteiger partial charge in [0.15, 0.2) is 8.68 Å². The fourth-order valence-electron chi connectivity index (χ4n) is 1.37. The van der Waals surface area contributed by atoms with Crippen LogP contribution in [0.3, 0.4) is 0 Å². The van der Waals surface area contributed by atoms with Crippen molar-refractivity contribution >= 4 is 40.8 Å². The van der Waals surface area contributed by atoms with Crippen LogP contribution in [-0.2, 0) is 4.79 Å². The molecular formula is C10H18N4OS3. The van der Waals surface area contributed by atoms with Gasteiger partial charge in [-0.15, -0.1) is 10.2 Å². The van der Waals surface area contributed by atoms with E-state index in [2.05, 4.69) is 15.5 Å². The van der Waals surface area contributed by atoms with Crippen LogP contribution < -0.4 is 11.1 Å². The molecule has 0 aliphatic rings. The lowest BCUT2D eigenvalue weighted by Crippen LogP contribution is -2.57. The molecule has 1 atom stereocenters. The predicted molar refractivity (Wildman–Crippen MR) is 78.3 cm³/mol. The second-order valence-electron chi connectivity index (χ2n) is 4.32.